The molecule has 2 aromatic heterocycles. The standard InChI is InChI=1S/C45H57N10O23P3S2/c46-25-73-34-20-35(75-36(34)21-74-80(64,65)78-81(66,67)77-79(61,62)63)40-43(59)55-41(48)32(54-40)8-5-13-51-39(57)23-72-37(47)22-71-30-7-4-6-27(16-30)42(58)52-12-3-1-2-11-50-38(56)19-29-24-82-44(53-29)31-17-26-9-10-28(18-33(26)76-45(31)60)49-14-15-83(68,69)70/h4,6-7,9-10,16-18,24,34-37,40,49H,1-3,11-15,19-23,25,46-47H2,(H,50,56)(H,51,57)(H,52,58)(H,64,65)(H,66,67)(H2,48,55,59)(H2,61,62,63)(H,68,69,70). The van der Waals surface area contributed by atoms with Crippen LogP contribution in [-0.4, -0.2) is 162 Å². The van der Waals surface area contributed by atoms with Crippen molar-refractivity contribution < 1.29 is 102 Å². The fourth-order valence-electron chi connectivity index (χ4n) is 7.58. The number of thiazole rings is 1. The van der Waals surface area contributed by atoms with Gasteiger partial charge in [-0.15, -0.1) is 11.3 Å². The zero-order valence-corrected chi connectivity index (χ0v) is 47.6. The number of amides is 4. The smallest absolute Gasteiger partial charge is 0.489 e. The minimum Gasteiger partial charge on any atom is -0.489 e. The number of amidine groups is 1. The van der Waals surface area contributed by atoms with Crippen molar-refractivity contribution in [2.45, 2.75) is 62.7 Å². The van der Waals surface area contributed by atoms with Crippen LogP contribution in [0, 0.1) is 17.3 Å². The highest BCUT2D eigenvalue weighted by Gasteiger charge is 2.46. The molecular weight excluding hydrogens is 1210 g/mol. The Morgan fingerprint density at radius 1 is 0.964 bits per heavy atom. The number of hydrogen-bond donors (Lipinski definition) is 13. The highest BCUT2D eigenvalue weighted by Crippen LogP contribution is 2.66. The van der Waals surface area contributed by atoms with E-state index in [1.165, 1.54) is 23.5 Å². The summed E-state index contributed by atoms with van der Waals surface area (Å²) in [5.41, 5.74) is 12.3. The molecule has 33 nitrogen and oxygen atoms in total. The van der Waals surface area contributed by atoms with E-state index < -0.39 is 113 Å². The number of hydrogen-bond acceptors (Lipinski definition) is 25. The van der Waals surface area contributed by atoms with Gasteiger partial charge in [-0.25, -0.2) is 23.5 Å². The molecule has 7 atom stereocenters. The third-order valence-electron chi connectivity index (χ3n) is 11.3. The minimum absolute atomic E-state index is 0.0142. The highest BCUT2D eigenvalue weighted by molar-refractivity contribution is 7.85. The normalized spacial score (nSPS) is 19.0. The van der Waals surface area contributed by atoms with E-state index in [9.17, 15) is 55.9 Å². The number of phosphoric acid groups is 3. The number of carbonyl (C=O) groups excluding carboxylic acids is 4. The molecule has 452 valence electrons. The summed E-state index contributed by atoms with van der Waals surface area (Å²) in [7, 11) is -21.1. The number of aliphatic imine (C=N–C) groups is 1. The summed E-state index contributed by atoms with van der Waals surface area (Å²) in [6.07, 6.45) is -2.70. The molecule has 38 heteroatoms. The lowest BCUT2D eigenvalue weighted by Gasteiger charge is -2.24. The van der Waals surface area contributed by atoms with E-state index in [0.717, 1.165) is 0 Å². The Kier molecular flexibility index (Phi) is 23.9. The van der Waals surface area contributed by atoms with Crippen molar-refractivity contribution in [2.24, 2.45) is 16.5 Å². The van der Waals surface area contributed by atoms with Crippen LogP contribution in [0.3, 0.4) is 0 Å². The molecule has 1 saturated heterocycles. The van der Waals surface area contributed by atoms with Gasteiger partial charge in [0, 0.05) is 54.1 Å². The van der Waals surface area contributed by atoms with Crippen LogP contribution in [0.15, 0.2) is 68.1 Å². The molecule has 0 spiro atoms. The SMILES string of the molecule is N=C1NC(=O)C(C2CC(OCN)C(COP(=O)(O)OP(=O)(O)OP(=O)(O)O)O2)N=C1C#CCNC(=O)COC(N)COc1cccc(C(=O)NCCCCCNC(=O)Cc2csc(-c3cc4ccc(NCCS(=O)(=O)O)cc4oc3=O)n2)c1. The number of benzene rings is 2. The van der Waals surface area contributed by atoms with Crippen molar-refractivity contribution in [2.75, 3.05) is 63.8 Å². The van der Waals surface area contributed by atoms with Crippen LogP contribution < -0.4 is 48.4 Å². The van der Waals surface area contributed by atoms with Crippen LogP contribution in [0.5, 0.6) is 5.75 Å². The van der Waals surface area contributed by atoms with E-state index in [2.05, 4.69) is 61.5 Å². The van der Waals surface area contributed by atoms with E-state index in [1.807, 2.05) is 0 Å². The zero-order chi connectivity index (χ0) is 60.5. The molecule has 7 unspecified atom stereocenters. The molecule has 4 aromatic rings. The number of nitrogens with two attached hydrogens (primary N) is 2. The first-order chi connectivity index (χ1) is 39.1. The number of nitrogens with zero attached hydrogens (tertiary/aromatic N) is 2. The predicted molar refractivity (Wildman–Crippen MR) is 292 cm³/mol. The van der Waals surface area contributed by atoms with Gasteiger partial charge in [0.2, 0.25) is 11.8 Å². The van der Waals surface area contributed by atoms with Crippen LogP contribution in [0.1, 0.15) is 41.7 Å². The third-order valence-corrected chi connectivity index (χ3v) is 16.7. The molecule has 0 radical (unpaired) electrons. The molecule has 0 aliphatic carbocycles. The molecule has 6 rings (SSSR count). The lowest BCUT2D eigenvalue weighted by atomic mass is 10.0. The van der Waals surface area contributed by atoms with Gasteiger partial charge in [0.1, 0.15) is 41.9 Å². The van der Waals surface area contributed by atoms with E-state index in [-0.39, 0.29) is 61.2 Å². The molecule has 15 N–H and O–H groups in total. The number of carbonyl (C=O) groups is 4. The molecule has 2 aliphatic heterocycles. The molecule has 1 fully saturated rings. The number of rotatable bonds is 31. The number of nitrogens with one attached hydrogen (secondary N) is 6. The Labute approximate surface area is 475 Å². The van der Waals surface area contributed by atoms with Crippen LogP contribution in [0.2, 0.25) is 0 Å². The third kappa shape index (κ3) is 22.0. The van der Waals surface area contributed by atoms with Gasteiger partial charge in [0.05, 0.1) is 55.5 Å². The molecule has 4 amide bonds. The van der Waals surface area contributed by atoms with Gasteiger partial charge in [-0.2, -0.15) is 17.0 Å². The average molecular weight is 1260 g/mol. The fourth-order valence-corrected chi connectivity index (χ4v) is 11.8. The maximum absolute atomic E-state index is 12.9. The first-order valence-corrected chi connectivity index (χ1v) is 31.5. The number of unbranched alkanes of at least 4 members (excludes halogenated alkanes) is 2. The summed E-state index contributed by atoms with van der Waals surface area (Å²) in [6.45, 7) is -1.59. The Balaban J connectivity index is 0.841. The lowest BCUT2D eigenvalue weighted by Crippen LogP contribution is -2.50. The van der Waals surface area contributed by atoms with Crippen molar-refractivity contribution in [1.29, 1.82) is 5.41 Å². The van der Waals surface area contributed by atoms with Crippen molar-refractivity contribution in [3.05, 3.63) is 75.6 Å². The molecule has 0 saturated carbocycles. The Morgan fingerprint density at radius 3 is 2.46 bits per heavy atom. The largest absolute Gasteiger partial charge is 0.490 e. The number of anilines is 1. The minimum atomic E-state index is -5.80. The van der Waals surface area contributed by atoms with Crippen molar-refractivity contribution in [3.63, 3.8) is 0 Å². The second-order valence-electron chi connectivity index (χ2n) is 17.7. The van der Waals surface area contributed by atoms with Crippen molar-refractivity contribution in [3.8, 4) is 28.2 Å². The summed E-state index contributed by atoms with van der Waals surface area (Å²) in [5.74, 6) is 2.41. The summed E-state index contributed by atoms with van der Waals surface area (Å²) < 4.78 is 105. The quantitative estimate of drug-likeness (QED) is 0.00787. The lowest BCUT2D eigenvalue weighted by molar-refractivity contribution is -0.128. The number of phosphoric ester groups is 1. The Hall–Kier alpha value is -6.22. The molecular formula is C45H57N10O23P3S2. The first kappa shape index (κ1) is 65.9. The van der Waals surface area contributed by atoms with Gasteiger partial charge in [0.15, 0.2) is 17.6 Å². The summed E-state index contributed by atoms with van der Waals surface area (Å²) >= 11 is 1.18. The van der Waals surface area contributed by atoms with Crippen molar-refractivity contribution in [1.82, 2.24) is 26.3 Å². The van der Waals surface area contributed by atoms with E-state index in [1.54, 1.807) is 41.8 Å². The van der Waals surface area contributed by atoms with Crippen LogP contribution in [-0.2, 0) is 72.0 Å². The van der Waals surface area contributed by atoms with E-state index in [0.29, 0.717) is 65.4 Å². The summed E-state index contributed by atoms with van der Waals surface area (Å²) in [4.78, 5) is 109. The van der Waals surface area contributed by atoms with Crippen molar-refractivity contribution >= 4 is 96.8 Å². The Morgan fingerprint density at radius 2 is 1.72 bits per heavy atom. The molecule has 4 heterocycles. The van der Waals surface area contributed by atoms with Gasteiger partial charge in [-0.1, -0.05) is 12.0 Å². The second-order valence-corrected chi connectivity index (χ2v) is 24.5. The zero-order valence-electron chi connectivity index (χ0n) is 43.3. The monoisotopic (exact) mass is 1260 g/mol. The van der Waals surface area contributed by atoms with E-state index >= 15 is 0 Å². The number of fused-ring (bicyclic) bond motifs is 1. The average Bonchev–Trinajstić information content (AvgIpc) is 4.05. The molecule has 0 bridgehead atoms. The maximum Gasteiger partial charge on any atom is 0.490 e. The van der Waals surface area contributed by atoms with Gasteiger partial charge in [0.25, 0.3) is 21.9 Å². The summed E-state index contributed by atoms with van der Waals surface area (Å²) in [6, 6.07) is 11.4. The molecule has 2 aliphatic rings. The van der Waals surface area contributed by atoms with Crippen LogP contribution in [0.4, 0.5) is 5.69 Å². The summed E-state index contributed by atoms with van der Waals surface area (Å²) in [5, 5.41) is 24.0. The Bertz CT molecular complexity index is 3440. The van der Waals surface area contributed by atoms with Gasteiger partial charge >= 0.3 is 29.1 Å². The predicted octanol–water partition coefficient (Wildman–Crippen LogP) is -0.00613. The van der Waals surface area contributed by atoms with Gasteiger partial charge in [-0.05, 0) is 61.6 Å². The highest BCUT2D eigenvalue weighted by atomic mass is 32.2. The van der Waals surface area contributed by atoms with E-state index in [4.69, 9.17) is 54.6 Å². The maximum atomic E-state index is 12.9. The topological polar surface area (TPSA) is 511 Å². The molecule has 2 aromatic carbocycles. The first-order valence-electron chi connectivity index (χ1n) is 24.5. The van der Waals surface area contributed by atoms with Gasteiger partial charge in [-0.3, -0.25) is 38.7 Å². The number of aromatic nitrogens is 1. The van der Waals surface area contributed by atoms with Gasteiger partial charge < -0.3 is 81.0 Å². The molecule has 83 heavy (non-hydrogen) atoms. The van der Waals surface area contributed by atoms with Crippen LogP contribution >= 0.6 is 34.8 Å². The van der Waals surface area contributed by atoms with Crippen LogP contribution in [0.25, 0.3) is 21.5 Å². The number of ether oxygens (including phenoxy) is 4. The fraction of sp³-hybridized carbons (Fsp3) is 0.422. The second kappa shape index (κ2) is 30.0.